The predicted octanol–water partition coefficient (Wildman–Crippen LogP) is 0.936. The van der Waals surface area contributed by atoms with Crippen LogP contribution in [0.1, 0.15) is 34.1 Å². The molecule has 0 aromatic heterocycles. The van der Waals surface area contributed by atoms with Crippen molar-refractivity contribution in [2.24, 2.45) is 10.2 Å². The van der Waals surface area contributed by atoms with Gasteiger partial charge in [-0.1, -0.05) is 6.92 Å². The van der Waals surface area contributed by atoms with E-state index in [-0.39, 0.29) is 11.4 Å². The van der Waals surface area contributed by atoms with Gasteiger partial charge in [-0.2, -0.15) is 5.10 Å². The second-order valence-electron chi connectivity index (χ2n) is 4.54. The van der Waals surface area contributed by atoms with Gasteiger partial charge in [0.25, 0.3) is 0 Å². The van der Waals surface area contributed by atoms with E-state index < -0.39 is 0 Å². The fourth-order valence-electron chi connectivity index (χ4n) is 2.05. The summed E-state index contributed by atoms with van der Waals surface area (Å²) in [7, 11) is 0. The number of nitrogens with one attached hydrogen (secondary N) is 2. The Morgan fingerprint density at radius 2 is 2.12 bits per heavy atom. The lowest BCUT2D eigenvalue weighted by atomic mass is 9.96. The topological polar surface area (TPSA) is 65.8 Å². The minimum atomic E-state index is -0.204. The lowest BCUT2D eigenvalue weighted by Crippen LogP contribution is -2.40. The molecule has 2 aliphatic heterocycles. The van der Waals surface area contributed by atoms with Crippen LogP contribution in [0.3, 0.4) is 0 Å². The van der Waals surface area contributed by atoms with E-state index in [4.69, 9.17) is 0 Å². The molecule has 5 heteroatoms. The van der Waals surface area contributed by atoms with Gasteiger partial charge in [0.15, 0.2) is 5.84 Å². The molecule has 86 valence electrons. The monoisotopic (exact) mass is 220 g/mol. The first-order valence-electron chi connectivity index (χ1n) is 5.41. The van der Waals surface area contributed by atoms with E-state index in [0.717, 1.165) is 23.4 Å². The quantitative estimate of drug-likeness (QED) is 0.690. The zero-order valence-corrected chi connectivity index (χ0v) is 10.0. The number of rotatable bonds is 1. The fraction of sp³-hybridized carbons (Fsp3) is 0.545. The van der Waals surface area contributed by atoms with Crippen LogP contribution in [0.4, 0.5) is 0 Å². The van der Waals surface area contributed by atoms with Gasteiger partial charge in [0.2, 0.25) is 5.91 Å². The van der Waals surface area contributed by atoms with E-state index in [2.05, 4.69) is 41.6 Å². The molecule has 1 amide bonds. The van der Waals surface area contributed by atoms with Crippen molar-refractivity contribution in [1.82, 2.24) is 10.6 Å². The maximum absolute atomic E-state index is 11.1. The number of amides is 1. The van der Waals surface area contributed by atoms with Gasteiger partial charge in [0, 0.05) is 12.6 Å². The van der Waals surface area contributed by atoms with Crippen LogP contribution in [-0.4, -0.2) is 23.0 Å². The predicted molar refractivity (Wildman–Crippen MR) is 63.2 cm³/mol. The van der Waals surface area contributed by atoms with Crippen LogP contribution < -0.4 is 10.6 Å². The van der Waals surface area contributed by atoms with Crippen LogP contribution in [0.2, 0.25) is 0 Å². The van der Waals surface area contributed by atoms with Gasteiger partial charge in [-0.05, 0) is 20.3 Å². The number of hydrogen-bond acceptors (Lipinski definition) is 4. The summed E-state index contributed by atoms with van der Waals surface area (Å²) in [5.41, 5.74) is 2.76. The second kappa shape index (κ2) is 3.43. The molecule has 0 atom stereocenters. The Hall–Kier alpha value is -1.65. The Morgan fingerprint density at radius 3 is 2.69 bits per heavy atom. The lowest BCUT2D eigenvalue weighted by molar-refractivity contribution is -0.117. The number of hydrogen-bond donors (Lipinski definition) is 2. The summed E-state index contributed by atoms with van der Waals surface area (Å²) in [5, 5.41) is 14.3. The standard InChI is InChI=1S/C11H16N4O/c1-5-7-8-9(11(3,4)13-7)14-15-10(8)12-6(2)16/h13H,5H2,1-4H3,(H,12,15,16). The first kappa shape index (κ1) is 10.9. The van der Waals surface area contributed by atoms with Crippen LogP contribution in [0.15, 0.2) is 21.5 Å². The summed E-state index contributed by atoms with van der Waals surface area (Å²) < 4.78 is 0. The molecular formula is C11H16N4O. The largest absolute Gasteiger partial charge is 0.377 e. The highest BCUT2D eigenvalue weighted by molar-refractivity contribution is 6.32. The summed E-state index contributed by atoms with van der Waals surface area (Å²) >= 11 is 0. The SMILES string of the molecule is CCC1=C2C(NC(C)=O)=NN=C2C(C)(C)N1. The number of allylic oxidation sites excluding steroid dienone is 1. The number of nitrogens with zero attached hydrogens (tertiary/aromatic N) is 2. The second-order valence-corrected chi connectivity index (χ2v) is 4.54. The first-order valence-corrected chi connectivity index (χ1v) is 5.41. The zero-order valence-electron chi connectivity index (χ0n) is 10.0. The molecule has 0 saturated carbocycles. The van der Waals surface area contributed by atoms with E-state index >= 15 is 0 Å². The van der Waals surface area contributed by atoms with E-state index in [1.54, 1.807) is 0 Å². The molecule has 2 rings (SSSR count). The highest BCUT2D eigenvalue weighted by Crippen LogP contribution is 2.30. The normalized spacial score (nSPS) is 21.2. The molecule has 16 heavy (non-hydrogen) atoms. The van der Waals surface area contributed by atoms with Crippen molar-refractivity contribution in [3.05, 3.63) is 11.3 Å². The molecule has 0 unspecified atom stereocenters. The number of amidine groups is 1. The fourth-order valence-corrected chi connectivity index (χ4v) is 2.05. The highest BCUT2D eigenvalue weighted by atomic mass is 16.1. The molecule has 2 N–H and O–H groups in total. The van der Waals surface area contributed by atoms with Crippen molar-refractivity contribution in [2.45, 2.75) is 39.7 Å². The summed E-state index contributed by atoms with van der Waals surface area (Å²) in [6.45, 7) is 7.65. The molecule has 0 aliphatic carbocycles. The third-order valence-electron chi connectivity index (χ3n) is 2.73. The van der Waals surface area contributed by atoms with Crippen LogP contribution in [-0.2, 0) is 4.79 Å². The van der Waals surface area contributed by atoms with Gasteiger partial charge < -0.3 is 10.6 Å². The summed E-state index contributed by atoms with van der Waals surface area (Å²) in [6.07, 6.45) is 0.871. The molecule has 0 saturated heterocycles. The van der Waals surface area contributed by atoms with Crippen LogP contribution in [0, 0.1) is 0 Å². The molecule has 0 fully saturated rings. The van der Waals surface area contributed by atoms with E-state index in [1.807, 2.05) is 0 Å². The molecule has 0 spiro atoms. The van der Waals surface area contributed by atoms with Crippen molar-refractivity contribution >= 4 is 17.5 Å². The minimum absolute atomic E-state index is 0.122. The van der Waals surface area contributed by atoms with Crippen LogP contribution >= 0.6 is 0 Å². The Bertz CT molecular complexity index is 443. The van der Waals surface area contributed by atoms with Gasteiger partial charge >= 0.3 is 0 Å². The van der Waals surface area contributed by atoms with Gasteiger partial charge in [0.1, 0.15) is 5.71 Å². The van der Waals surface area contributed by atoms with Crippen molar-refractivity contribution in [3.63, 3.8) is 0 Å². The maximum Gasteiger partial charge on any atom is 0.222 e. The van der Waals surface area contributed by atoms with E-state index in [9.17, 15) is 4.79 Å². The molecule has 0 aromatic rings. The summed E-state index contributed by atoms with van der Waals surface area (Å²) in [4.78, 5) is 11.1. The van der Waals surface area contributed by atoms with Gasteiger partial charge in [-0.15, -0.1) is 5.10 Å². The Balaban J connectivity index is 2.36. The minimum Gasteiger partial charge on any atom is -0.377 e. The van der Waals surface area contributed by atoms with Crippen molar-refractivity contribution in [2.75, 3.05) is 0 Å². The molecule has 0 bridgehead atoms. The average Bonchev–Trinajstić information content (AvgIpc) is 2.67. The first-order chi connectivity index (χ1) is 7.45. The lowest BCUT2D eigenvalue weighted by Gasteiger charge is -2.20. The Labute approximate surface area is 94.7 Å². The molecule has 0 radical (unpaired) electrons. The van der Waals surface area contributed by atoms with Crippen molar-refractivity contribution in [1.29, 1.82) is 0 Å². The zero-order chi connectivity index (χ0) is 11.9. The van der Waals surface area contributed by atoms with Crippen molar-refractivity contribution in [3.8, 4) is 0 Å². The molecular weight excluding hydrogens is 204 g/mol. The highest BCUT2D eigenvalue weighted by Gasteiger charge is 2.41. The van der Waals surface area contributed by atoms with Crippen LogP contribution in [0.25, 0.3) is 0 Å². The van der Waals surface area contributed by atoms with Crippen LogP contribution in [0.5, 0.6) is 0 Å². The number of carbonyl (C=O) groups excluding carboxylic acids is 1. The van der Waals surface area contributed by atoms with Gasteiger partial charge in [0.05, 0.1) is 11.1 Å². The maximum atomic E-state index is 11.1. The number of carbonyl (C=O) groups is 1. The molecule has 2 aliphatic rings. The number of fused-ring (bicyclic) bond motifs is 1. The smallest absolute Gasteiger partial charge is 0.222 e. The van der Waals surface area contributed by atoms with Gasteiger partial charge in [-0.3, -0.25) is 4.79 Å². The third-order valence-corrected chi connectivity index (χ3v) is 2.73. The molecule has 5 nitrogen and oxygen atoms in total. The Kier molecular flexibility index (Phi) is 2.33. The average molecular weight is 220 g/mol. The van der Waals surface area contributed by atoms with Gasteiger partial charge in [-0.25, -0.2) is 0 Å². The van der Waals surface area contributed by atoms with Crippen molar-refractivity contribution < 1.29 is 4.79 Å². The van der Waals surface area contributed by atoms with E-state index in [1.165, 1.54) is 6.92 Å². The third kappa shape index (κ3) is 1.52. The van der Waals surface area contributed by atoms with E-state index in [0.29, 0.717) is 5.84 Å². The summed E-state index contributed by atoms with van der Waals surface area (Å²) in [5.74, 6) is 0.445. The molecule has 2 heterocycles. The Morgan fingerprint density at radius 1 is 1.44 bits per heavy atom. The summed E-state index contributed by atoms with van der Waals surface area (Å²) in [6, 6.07) is 0. The molecule has 0 aromatic carbocycles.